The molecule has 0 aromatic heterocycles. The van der Waals surface area contributed by atoms with Crippen LogP contribution in [0.3, 0.4) is 0 Å². The van der Waals surface area contributed by atoms with E-state index in [1.54, 1.807) is 12.1 Å². The molecule has 2 rings (SSSR count). The van der Waals surface area contributed by atoms with Gasteiger partial charge < -0.3 is 15.2 Å². The fourth-order valence-electron chi connectivity index (χ4n) is 2.24. The molecule has 100 valence electrons. The van der Waals surface area contributed by atoms with Gasteiger partial charge in [-0.15, -0.1) is 0 Å². The molecule has 0 heterocycles. The maximum atomic E-state index is 9.82. The summed E-state index contributed by atoms with van der Waals surface area (Å²) in [6.07, 6.45) is 4.56. The third kappa shape index (κ3) is 4.48. The minimum absolute atomic E-state index is 0.292. The summed E-state index contributed by atoms with van der Waals surface area (Å²) in [7, 11) is 0. The Morgan fingerprint density at radius 2 is 2.17 bits per heavy atom. The molecule has 18 heavy (non-hydrogen) atoms. The van der Waals surface area contributed by atoms with E-state index in [9.17, 15) is 5.11 Å². The number of nitrogens with one attached hydrogen (secondary N) is 1. The van der Waals surface area contributed by atoms with Crippen LogP contribution in [0.4, 0.5) is 0 Å². The second-order valence-corrected chi connectivity index (χ2v) is 5.25. The molecule has 0 spiro atoms. The number of halogens is 1. The molecule has 1 aliphatic carbocycles. The van der Waals surface area contributed by atoms with Crippen molar-refractivity contribution in [2.75, 3.05) is 13.2 Å². The highest BCUT2D eigenvalue weighted by molar-refractivity contribution is 6.30. The summed E-state index contributed by atoms with van der Waals surface area (Å²) in [5.41, 5.74) is 0. The lowest BCUT2D eigenvalue weighted by Crippen LogP contribution is -2.36. The number of hydrogen-bond donors (Lipinski definition) is 2. The van der Waals surface area contributed by atoms with Crippen LogP contribution < -0.4 is 10.1 Å². The van der Waals surface area contributed by atoms with Crippen molar-refractivity contribution in [2.24, 2.45) is 0 Å². The van der Waals surface area contributed by atoms with Crippen LogP contribution in [0.1, 0.15) is 25.7 Å². The normalized spacial score (nSPS) is 17.9. The van der Waals surface area contributed by atoms with Crippen LogP contribution in [-0.4, -0.2) is 30.4 Å². The molecule has 0 aliphatic heterocycles. The molecule has 0 amide bonds. The predicted octanol–water partition coefficient (Wildman–Crippen LogP) is 2.61. The zero-order valence-electron chi connectivity index (χ0n) is 10.4. The first-order chi connectivity index (χ1) is 8.74. The average molecular weight is 270 g/mol. The number of hydrogen-bond acceptors (Lipinski definition) is 3. The molecule has 1 aromatic carbocycles. The van der Waals surface area contributed by atoms with Gasteiger partial charge in [-0.3, -0.25) is 0 Å². The van der Waals surface area contributed by atoms with Gasteiger partial charge in [0.25, 0.3) is 0 Å². The Balaban J connectivity index is 1.66. The van der Waals surface area contributed by atoms with Gasteiger partial charge >= 0.3 is 0 Å². The summed E-state index contributed by atoms with van der Waals surface area (Å²) in [5, 5.41) is 13.8. The van der Waals surface area contributed by atoms with Crippen molar-refractivity contribution >= 4 is 11.6 Å². The van der Waals surface area contributed by atoms with Crippen LogP contribution in [0.2, 0.25) is 5.02 Å². The van der Waals surface area contributed by atoms with Crippen molar-refractivity contribution in [1.82, 2.24) is 5.32 Å². The number of ether oxygens (including phenoxy) is 1. The zero-order valence-corrected chi connectivity index (χ0v) is 11.2. The molecule has 1 unspecified atom stereocenters. The number of benzene rings is 1. The van der Waals surface area contributed by atoms with Gasteiger partial charge in [0.1, 0.15) is 18.5 Å². The summed E-state index contributed by atoms with van der Waals surface area (Å²) in [6.45, 7) is 0.880. The number of rotatable bonds is 6. The predicted molar refractivity (Wildman–Crippen MR) is 73.2 cm³/mol. The highest BCUT2D eigenvalue weighted by Gasteiger charge is 2.15. The van der Waals surface area contributed by atoms with Gasteiger partial charge in [-0.05, 0) is 31.0 Å². The Hall–Kier alpha value is -0.770. The summed E-state index contributed by atoms with van der Waals surface area (Å²) in [4.78, 5) is 0. The van der Waals surface area contributed by atoms with E-state index in [0.29, 0.717) is 30.0 Å². The van der Waals surface area contributed by atoms with Crippen LogP contribution in [0, 0.1) is 0 Å². The Morgan fingerprint density at radius 1 is 1.39 bits per heavy atom. The quantitative estimate of drug-likeness (QED) is 0.834. The van der Waals surface area contributed by atoms with Crippen LogP contribution in [0.25, 0.3) is 0 Å². The highest BCUT2D eigenvalue weighted by atomic mass is 35.5. The molecule has 0 bridgehead atoms. The van der Waals surface area contributed by atoms with Crippen LogP contribution in [0.15, 0.2) is 24.3 Å². The number of aliphatic hydroxyl groups excluding tert-OH is 1. The maximum absolute atomic E-state index is 9.82. The van der Waals surface area contributed by atoms with Crippen molar-refractivity contribution in [3.8, 4) is 5.75 Å². The Kier molecular flexibility index (Phi) is 5.29. The van der Waals surface area contributed by atoms with E-state index in [2.05, 4.69) is 5.32 Å². The Labute approximate surface area is 113 Å². The van der Waals surface area contributed by atoms with Crippen LogP contribution >= 0.6 is 11.6 Å². The van der Waals surface area contributed by atoms with Gasteiger partial charge in [-0.25, -0.2) is 0 Å². The Bertz CT molecular complexity index is 367. The van der Waals surface area contributed by atoms with Crippen molar-refractivity contribution in [3.63, 3.8) is 0 Å². The summed E-state index contributed by atoms with van der Waals surface area (Å²) < 4.78 is 5.49. The molecule has 1 aliphatic rings. The minimum Gasteiger partial charge on any atom is -0.491 e. The standard InChI is InChI=1S/C14H20ClNO2/c15-11-4-3-7-14(8-11)18-10-13(17)9-16-12-5-1-2-6-12/h3-4,7-8,12-13,16-17H,1-2,5-6,9-10H2. The summed E-state index contributed by atoms with van der Waals surface area (Å²) in [6, 6.07) is 7.79. The fraction of sp³-hybridized carbons (Fsp3) is 0.571. The second-order valence-electron chi connectivity index (χ2n) is 4.81. The van der Waals surface area contributed by atoms with E-state index in [4.69, 9.17) is 16.3 Å². The number of aliphatic hydroxyl groups is 1. The molecule has 1 aromatic rings. The molecule has 1 saturated carbocycles. The molecule has 2 N–H and O–H groups in total. The molecular formula is C14H20ClNO2. The van der Waals surface area contributed by atoms with Crippen molar-refractivity contribution in [1.29, 1.82) is 0 Å². The van der Waals surface area contributed by atoms with E-state index in [1.807, 2.05) is 12.1 Å². The topological polar surface area (TPSA) is 41.5 Å². The molecule has 0 radical (unpaired) electrons. The van der Waals surface area contributed by atoms with Gasteiger partial charge in [0.2, 0.25) is 0 Å². The molecule has 3 nitrogen and oxygen atoms in total. The lowest BCUT2D eigenvalue weighted by Gasteiger charge is -2.16. The van der Waals surface area contributed by atoms with Crippen LogP contribution in [-0.2, 0) is 0 Å². The van der Waals surface area contributed by atoms with Gasteiger partial charge in [0.05, 0.1) is 0 Å². The van der Waals surface area contributed by atoms with E-state index in [0.717, 1.165) is 0 Å². The second kappa shape index (κ2) is 6.98. The minimum atomic E-state index is -0.482. The maximum Gasteiger partial charge on any atom is 0.120 e. The third-order valence-electron chi connectivity index (χ3n) is 3.24. The van der Waals surface area contributed by atoms with E-state index in [1.165, 1.54) is 25.7 Å². The van der Waals surface area contributed by atoms with E-state index >= 15 is 0 Å². The van der Waals surface area contributed by atoms with Crippen LogP contribution in [0.5, 0.6) is 5.75 Å². The fourth-order valence-corrected chi connectivity index (χ4v) is 2.42. The average Bonchev–Trinajstić information content (AvgIpc) is 2.87. The molecule has 1 fully saturated rings. The van der Waals surface area contributed by atoms with Gasteiger partial charge in [-0.2, -0.15) is 0 Å². The lowest BCUT2D eigenvalue weighted by molar-refractivity contribution is 0.104. The van der Waals surface area contributed by atoms with Gasteiger partial charge in [0, 0.05) is 17.6 Å². The van der Waals surface area contributed by atoms with E-state index < -0.39 is 6.10 Å². The van der Waals surface area contributed by atoms with Gasteiger partial charge in [0.15, 0.2) is 0 Å². The summed E-state index contributed by atoms with van der Waals surface area (Å²) in [5.74, 6) is 0.697. The zero-order chi connectivity index (χ0) is 12.8. The Morgan fingerprint density at radius 3 is 2.89 bits per heavy atom. The monoisotopic (exact) mass is 269 g/mol. The van der Waals surface area contributed by atoms with Gasteiger partial charge in [-0.1, -0.05) is 30.5 Å². The molecule has 4 heteroatoms. The first kappa shape index (κ1) is 13.7. The summed E-state index contributed by atoms with van der Waals surface area (Å²) >= 11 is 5.85. The van der Waals surface area contributed by atoms with Crippen molar-refractivity contribution in [2.45, 2.75) is 37.8 Å². The molecular weight excluding hydrogens is 250 g/mol. The van der Waals surface area contributed by atoms with E-state index in [-0.39, 0.29) is 0 Å². The smallest absolute Gasteiger partial charge is 0.120 e. The third-order valence-corrected chi connectivity index (χ3v) is 3.47. The first-order valence-electron chi connectivity index (χ1n) is 6.54. The van der Waals surface area contributed by atoms with Crippen molar-refractivity contribution in [3.05, 3.63) is 29.3 Å². The largest absolute Gasteiger partial charge is 0.491 e. The SMILES string of the molecule is OC(CNC1CCCC1)COc1cccc(Cl)c1. The van der Waals surface area contributed by atoms with Crippen molar-refractivity contribution < 1.29 is 9.84 Å². The first-order valence-corrected chi connectivity index (χ1v) is 6.91. The lowest BCUT2D eigenvalue weighted by atomic mass is 10.2. The molecule has 0 saturated heterocycles. The highest BCUT2D eigenvalue weighted by Crippen LogP contribution is 2.18. The molecule has 1 atom stereocenters.